The lowest BCUT2D eigenvalue weighted by Crippen LogP contribution is -2.30. The molecule has 0 aliphatic rings. The molecule has 0 aromatic carbocycles. The number of aryl methyl sites for hydroxylation is 1. The zero-order valence-electron chi connectivity index (χ0n) is 5.24. The molecule has 0 saturated carbocycles. The standard InChI is InChI=1S/C4H6N2.BrHO3/c1-4-5-2-3-6-4;2-1(3)4/h2-3H,1H3,(H,5,6);2H. The van der Waals surface area contributed by atoms with Gasteiger partial charge in [-0.15, -0.1) is 0 Å². The van der Waals surface area contributed by atoms with Crippen molar-refractivity contribution in [1.29, 1.82) is 0 Å². The van der Waals surface area contributed by atoms with Crippen LogP contribution in [0.3, 0.4) is 0 Å². The first-order valence-electron chi connectivity index (χ1n) is 2.33. The predicted octanol–water partition coefficient (Wildman–Crippen LogP) is -2.22. The molecule has 58 valence electrons. The fourth-order valence-electron chi connectivity index (χ4n) is 0.344. The highest BCUT2D eigenvalue weighted by atomic mass is 80.0. The van der Waals surface area contributed by atoms with Gasteiger partial charge in [0, 0.05) is 12.4 Å². The third-order valence-electron chi connectivity index (χ3n) is 0.635. The van der Waals surface area contributed by atoms with E-state index in [-0.39, 0.29) is 0 Å². The highest BCUT2D eigenvalue weighted by Crippen LogP contribution is 1.78. The summed E-state index contributed by atoms with van der Waals surface area (Å²) in [6.07, 6.45) is 3.53. The van der Waals surface area contributed by atoms with Crippen LogP contribution in [-0.4, -0.2) is 14.2 Å². The van der Waals surface area contributed by atoms with Gasteiger partial charge >= 0.3 is 14.8 Å². The van der Waals surface area contributed by atoms with E-state index in [9.17, 15) is 0 Å². The van der Waals surface area contributed by atoms with E-state index in [1.807, 2.05) is 6.92 Å². The molecular formula is C4H7BrN2O3. The van der Waals surface area contributed by atoms with E-state index in [1.54, 1.807) is 12.4 Å². The maximum Gasteiger partial charge on any atom is 0.433 e. The minimum absolute atomic E-state index is 0.968. The number of nitrogens with one attached hydrogen (secondary N) is 1. The summed E-state index contributed by atoms with van der Waals surface area (Å²) in [4.78, 5) is 6.75. The Morgan fingerprint density at radius 1 is 1.70 bits per heavy atom. The molecule has 1 rings (SSSR count). The van der Waals surface area contributed by atoms with Crippen molar-refractivity contribution < 1.29 is 27.4 Å². The molecule has 0 bridgehead atoms. The molecule has 0 radical (unpaired) electrons. The molecule has 0 saturated heterocycles. The van der Waals surface area contributed by atoms with E-state index in [1.165, 1.54) is 0 Å². The number of hydrogen-bond donors (Lipinski definition) is 2. The Morgan fingerprint density at radius 2 is 2.20 bits per heavy atom. The van der Waals surface area contributed by atoms with Crippen LogP contribution in [0.1, 0.15) is 5.82 Å². The maximum absolute atomic E-state index is 8.63. The average molecular weight is 211 g/mol. The topological polar surface area (TPSA) is 95.0 Å². The van der Waals surface area contributed by atoms with Gasteiger partial charge in [-0.2, -0.15) is 0 Å². The van der Waals surface area contributed by atoms with Crippen LogP contribution < -0.4 is 8.40 Å². The summed E-state index contributed by atoms with van der Waals surface area (Å²) in [5.41, 5.74) is 0. The van der Waals surface area contributed by atoms with Gasteiger partial charge in [0.1, 0.15) is 5.82 Å². The maximum atomic E-state index is 8.63. The van der Waals surface area contributed by atoms with E-state index in [2.05, 4.69) is 9.97 Å². The monoisotopic (exact) mass is 210 g/mol. The SMILES string of the molecule is Cc1ncc[nH]1.[O-][Br+2]([O-])O. The van der Waals surface area contributed by atoms with Crippen LogP contribution in [0.2, 0.25) is 0 Å². The van der Waals surface area contributed by atoms with Crippen molar-refractivity contribution in [2.75, 3.05) is 0 Å². The Kier molecular flexibility index (Phi) is 5.13. The molecule has 10 heavy (non-hydrogen) atoms. The van der Waals surface area contributed by atoms with Crippen LogP contribution >= 0.6 is 0 Å². The molecule has 0 spiro atoms. The smallest absolute Gasteiger partial charge is 0.372 e. The minimum Gasteiger partial charge on any atom is -0.372 e. The molecule has 6 heteroatoms. The number of nitrogens with zero attached hydrogens (tertiary/aromatic N) is 1. The van der Waals surface area contributed by atoms with Crippen LogP contribution in [0, 0.1) is 21.7 Å². The van der Waals surface area contributed by atoms with Crippen molar-refractivity contribution in [1.82, 2.24) is 9.97 Å². The molecule has 0 fully saturated rings. The van der Waals surface area contributed by atoms with E-state index < -0.39 is 14.8 Å². The van der Waals surface area contributed by atoms with Crippen molar-refractivity contribution in [2.45, 2.75) is 6.92 Å². The average Bonchev–Trinajstić information content (AvgIpc) is 2.15. The summed E-state index contributed by atoms with van der Waals surface area (Å²) in [7, 11) is 0. The van der Waals surface area contributed by atoms with Crippen molar-refractivity contribution in [2.24, 2.45) is 0 Å². The van der Waals surface area contributed by atoms with Crippen molar-refractivity contribution in [3.63, 3.8) is 0 Å². The number of rotatable bonds is 0. The zero-order valence-corrected chi connectivity index (χ0v) is 6.83. The third kappa shape index (κ3) is 7.57. The molecule has 1 heterocycles. The van der Waals surface area contributed by atoms with Gasteiger partial charge in [-0.1, -0.05) is 0 Å². The fourth-order valence-corrected chi connectivity index (χ4v) is 0.344. The summed E-state index contributed by atoms with van der Waals surface area (Å²) in [6, 6.07) is 0. The number of hydrogen-bond acceptors (Lipinski definition) is 4. The Morgan fingerprint density at radius 3 is 2.30 bits per heavy atom. The molecule has 2 N–H and O–H groups in total. The fraction of sp³-hybridized carbons (Fsp3) is 0.250. The highest BCUT2D eigenvalue weighted by Gasteiger charge is 1.86. The number of H-pyrrole nitrogens is 1. The van der Waals surface area contributed by atoms with Crippen molar-refractivity contribution in [3.8, 4) is 0 Å². The summed E-state index contributed by atoms with van der Waals surface area (Å²) in [6.45, 7) is 1.92. The van der Waals surface area contributed by atoms with Crippen LogP contribution in [-0.2, 0) is 0 Å². The molecule has 1 aromatic rings. The summed E-state index contributed by atoms with van der Waals surface area (Å²) >= 11 is -3.40. The number of halogens is 1. The van der Waals surface area contributed by atoms with Gasteiger partial charge in [0.15, 0.2) is 0 Å². The first kappa shape index (κ1) is 9.57. The van der Waals surface area contributed by atoms with Crippen LogP contribution in [0.25, 0.3) is 0 Å². The molecule has 0 aliphatic heterocycles. The second-order valence-electron chi connectivity index (χ2n) is 1.38. The lowest BCUT2D eigenvalue weighted by Gasteiger charge is -1.69. The minimum atomic E-state index is -3.40. The number of aromatic nitrogens is 2. The first-order valence-corrected chi connectivity index (χ1v) is 4.34. The van der Waals surface area contributed by atoms with E-state index in [0.29, 0.717) is 0 Å². The largest absolute Gasteiger partial charge is 0.433 e. The van der Waals surface area contributed by atoms with Gasteiger partial charge in [-0.3, -0.25) is 0 Å². The zero-order chi connectivity index (χ0) is 7.98. The van der Waals surface area contributed by atoms with Crippen LogP contribution in [0.5, 0.6) is 0 Å². The van der Waals surface area contributed by atoms with Gasteiger partial charge in [-0.25, -0.2) is 4.98 Å². The van der Waals surface area contributed by atoms with Gasteiger partial charge in [0.25, 0.3) is 0 Å². The first-order chi connectivity index (χ1) is 4.63. The summed E-state index contributed by atoms with van der Waals surface area (Å²) in [5.74, 6) is 0.968. The quantitative estimate of drug-likeness (QED) is 0.508. The predicted molar refractivity (Wildman–Crippen MR) is 25.5 cm³/mol. The van der Waals surface area contributed by atoms with Gasteiger partial charge in [0.05, 0.1) is 0 Å². The Hall–Kier alpha value is -0.430. The molecule has 0 unspecified atom stereocenters. The second-order valence-corrected chi connectivity index (χ2v) is 2.22. The Balaban J connectivity index is 0.000000180. The summed E-state index contributed by atoms with van der Waals surface area (Å²) in [5, 5.41) is 0. The van der Waals surface area contributed by atoms with Crippen LogP contribution in [0.15, 0.2) is 12.4 Å². The van der Waals surface area contributed by atoms with E-state index >= 15 is 0 Å². The highest BCUT2D eigenvalue weighted by molar-refractivity contribution is 4.80. The molecule has 0 atom stereocenters. The van der Waals surface area contributed by atoms with Crippen molar-refractivity contribution in [3.05, 3.63) is 18.2 Å². The molecule has 5 nitrogen and oxygen atoms in total. The number of imidazole rings is 1. The van der Waals surface area contributed by atoms with E-state index in [4.69, 9.17) is 12.6 Å². The van der Waals surface area contributed by atoms with Crippen molar-refractivity contribution >= 4 is 0 Å². The molecular weight excluding hydrogens is 204 g/mol. The molecule has 0 amide bonds. The summed E-state index contributed by atoms with van der Waals surface area (Å²) < 4.78 is 24.3. The molecule has 0 aliphatic carbocycles. The van der Waals surface area contributed by atoms with Gasteiger partial charge in [0.2, 0.25) is 0 Å². The molecule has 1 aromatic heterocycles. The third-order valence-corrected chi connectivity index (χ3v) is 0.635. The number of aromatic amines is 1. The van der Waals surface area contributed by atoms with Gasteiger partial charge < -0.3 is 13.4 Å². The second kappa shape index (κ2) is 5.36. The van der Waals surface area contributed by atoms with E-state index in [0.717, 1.165) is 5.82 Å². The lowest BCUT2D eigenvalue weighted by molar-refractivity contribution is -1.63. The Bertz CT molecular complexity index is 151. The lowest BCUT2D eigenvalue weighted by atomic mass is 10.8. The Labute approximate surface area is 63.2 Å². The normalized spacial score (nSPS) is 8.90. The van der Waals surface area contributed by atoms with Gasteiger partial charge in [-0.05, 0) is 11.1 Å². The van der Waals surface area contributed by atoms with Crippen LogP contribution in [0.4, 0.5) is 0 Å².